The van der Waals surface area contributed by atoms with E-state index in [1.807, 2.05) is 26.0 Å². The summed E-state index contributed by atoms with van der Waals surface area (Å²) < 4.78 is 5.07. The fraction of sp³-hybridized carbons (Fsp3) is 0.500. The number of aliphatic hydroxyl groups is 1. The molecule has 0 spiro atoms. The van der Waals surface area contributed by atoms with Crippen LogP contribution < -0.4 is 0 Å². The molecule has 4 heteroatoms. The number of furan rings is 1. The van der Waals surface area contributed by atoms with E-state index in [0.717, 1.165) is 61.7 Å². The first kappa shape index (κ1) is 29.4. The molecule has 0 aliphatic heterocycles. The number of allylic oxidation sites excluding steroid dienone is 7. The second kappa shape index (κ2) is 16.9. The molecule has 0 saturated heterocycles. The van der Waals surface area contributed by atoms with Gasteiger partial charge in [0.2, 0.25) is 0 Å². The Morgan fingerprint density at radius 3 is 2.18 bits per heavy atom. The SMILES string of the molecule is C=C(C)[C@@H](CC=C(C)CCC=C(C)CCC=C(C)CO)CCC(=CCCc1ccoc1)C(=O)O. The van der Waals surface area contributed by atoms with Crippen LogP contribution in [0.25, 0.3) is 0 Å². The number of aliphatic hydroxyl groups excluding tert-OH is 1. The van der Waals surface area contributed by atoms with Gasteiger partial charge in [0.05, 0.1) is 19.1 Å². The van der Waals surface area contributed by atoms with Crippen molar-refractivity contribution in [2.45, 2.75) is 85.5 Å². The van der Waals surface area contributed by atoms with Gasteiger partial charge in [0, 0.05) is 5.57 Å². The molecule has 0 bridgehead atoms. The molecule has 0 aliphatic carbocycles. The summed E-state index contributed by atoms with van der Waals surface area (Å²) in [6.45, 7) is 12.6. The lowest BCUT2D eigenvalue weighted by molar-refractivity contribution is -0.132. The molecular formula is C30H44O4. The van der Waals surface area contributed by atoms with Crippen molar-refractivity contribution in [1.82, 2.24) is 0 Å². The number of carboxylic acid groups (broad SMARTS) is 1. The van der Waals surface area contributed by atoms with Crippen LogP contribution in [0.3, 0.4) is 0 Å². The fourth-order valence-electron chi connectivity index (χ4n) is 3.74. The molecule has 1 aromatic rings. The van der Waals surface area contributed by atoms with Crippen LogP contribution in [0.2, 0.25) is 0 Å². The number of rotatable bonds is 17. The van der Waals surface area contributed by atoms with Crippen molar-refractivity contribution in [3.8, 4) is 0 Å². The standard InChI is InChI=1S/C30H44O4/c1-23(2)28(17-18-29(30(32)33)14-8-13-27-19-20-34-22-27)16-15-25(4)11-6-9-24(3)10-7-12-26(5)21-31/h9,12,14-15,19-20,22,28,31H,1,6-8,10-11,13,16-18,21H2,2-5H3,(H,32,33)/t28-/m0/s1. The highest BCUT2D eigenvalue weighted by atomic mass is 16.4. The topological polar surface area (TPSA) is 70.7 Å². The van der Waals surface area contributed by atoms with Crippen LogP contribution in [0.15, 0.2) is 81.8 Å². The van der Waals surface area contributed by atoms with Crippen molar-refractivity contribution in [3.05, 3.63) is 82.9 Å². The molecule has 4 nitrogen and oxygen atoms in total. The Morgan fingerprint density at radius 2 is 1.62 bits per heavy atom. The third-order valence-corrected chi connectivity index (χ3v) is 6.20. The zero-order valence-electron chi connectivity index (χ0n) is 21.6. The van der Waals surface area contributed by atoms with Crippen molar-refractivity contribution < 1.29 is 19.4 Å². The van der Waals surface area contributed by atoms with E-state index in [1.165, 1.54) is 11.1 Å². The Kier molecular flexibility index (Phi) is 14.7. The zero-order valence-corrected chi connectivity index (χ0v) is 21.6. The molecule has 0 unspecified atom stereocenters. The van der Waals surface area contributed by atoms with Gasteiger partial charge in [-0.15, -0.1) is 0 Å². The van der Waals surface area contributed by atoms with Crippen LogP contribution in [0.5, 0.6) is 0 Å². The summed E-state index contributed by atoms with van der Waals surface area (Å²) in [4.78, 5) is 11.7. The molecule has 1 rings (SSSR count). The number of aliphatic carboxylic acids is 1. The Balaban J connectivity index is 2.50. The van der Waals surface area contributed by atoms with Gasteiger partial charge < -0.3 is 14.6 Å². The minimum Gasteiger partial charge on any atom is -0.478 e. The molecule has 2 N–H and O–H groups in total. The van der Waals surface area contributed by atoms with E-state index in [2.05, 4.69) is 38.7 Å². The summed E-state index contributed by atoms with van der Waals surface area (Å²) in [6.07, 6.45) is 19.7. The predicted molar refractivity (Wildman–Crippen MR) is 142 cm³/mol. The molecule has 34 heavy (non-hydrogen) atoms. The van der Waals surface area contributed by atoms with Crippen LogP contribution in [0.4, 0.5) is 0 Å². The minimum absolute atomic E-state index is 0.137. The van der Waals surface area contributed by atoms with Crippen molar-refractivity contribution in [3.63, 3.8) is 0 Å². The highest BCUT2D eigenvalue weighted by Gasteiger charge is 2.13. The van der Waals surface area contributed by atoms with Crippen molar-refractivity contribution in [1.29, 1.82) is 0 Å². The number of carbonyl (C=O) groups is 1. The molecule has 1 atom stereocenters. The summed E-state index contributed by atoms with van der Waals surface area (Å²) in [5, 5.41) is 18.6. The van der Waals surface area contributed by atoms with Gasteiger partial charge in [-0.3, -0.25) is 0 Å². The summed E-state index contributed by atoms with van der Waals surface area (Å²) in [5.74, 6) is -0.547. The average molecular weight is 469 g/mol. The van der Waals surface area contributed by atoms with E-state index in [0.29, 0.717) is 18.4 Å². The number of aryl methyl sites for hydroxylation is 1. The zero-order chi connectivity index (χ0) is 25.3. The number of hydrogen-bond donors (Lipinski definition) is 2. The van der Waals surface area contributed by atoms with E-state index in [-0.39, 0.29) is 12.5 Å². The maximum absolute atomic E-state index is 11.7. The van der Waals surface area contributed by atoms with Crippen LogP contribution in [-0.4, -0.2) is 22.8 Å². The van der Waals surface area contributed by atoms with Gasteiger partial charge in [-0.1, -0.05) is 53.2 Å². The molecular weight excluding hydrogens is 424 g/mol. The lowest BCUT2D eigenvalue weighted by atomic mass is 9.89. The molecule has 0 aromatic carbocycles. The summed E-state index contributed by atoms with van der Waals surface area (Å²) in [7, 11) is 0. The van der Waals surface area contributed by atoms with E-state index < -0.39 is 5.97 Å². The normalized spacial score (nSPS) is 14.4. The lowest BCUT2D eigenvalue weighted by Crippen LogP contribution is -2.06. The minimum atomic E-state index is -0.830. The third-order valence-electron chi connectivity index (χ3n) is 6.20. The molecule has 0 radical (unpaired) electrons. The maximum atomic E-state index is 11.7. The Bertz CT molecular complexity index is 866. The summed E-state index contributed by atoms with van der Waals surface area (Å²) >= 11 is 0. The summed E-state index contributed by atoms with van der Waals surface area (Å²) in [6, 6.07) is 1.91. The van der Waals surface area contributed by atoms with E-state index in [9.17, 15) is 9.90 Å². The summed E-state index contributed by atoms with van der Waals surface area (Å²) in [5.41, 5.74) is 6.45. The van der Waals surface area contributed by atoms with E-state index in [4.69, 9.17) is 9.52 Å². The highest BCUT2D eigenvalue weighted by Crippen LogP contribution is 2.24. The van der Waals surface area contributed by atoms with Crippen molar-refractivity contribution in [2.24, 2.45) is 5.92 Å². The fourth-order valence-corrected chi connectivity index (χ4v) is 3.74. The number of carboxylic acids is 1. The highest BCUT2D eigenvalue weighted by molar-refractivity contribution is 5.86. The second-order valence-corrected chi connectivity index (χ2v) is 9.41. The third kappa shape index (κ3) is 13.2. The van der Waals surface area contributed by atoms with E-state index in [1.54, 1.807) is 12.5 Å². The van der Waals surface area contributed by atoms with Crippen LogP contribution in [-0.2, 0) is 11.2 Å². The molecule has 0 saturated carbocycles. The molecule has 1 aromatic heterocycles. The maximum Gasteiger partial charge on any atom is 0.331 e. The predicted octanol–water partition coefficient (Wildman–Crippen LogP) is 7.98. The smallest absolute Gasteiger partial charge is 0.331 e. The first-order chi connectivity index (χ1) is 16.2. The molecule has 1 heterocycles. The van der Waals surface area contributed by atoms with Gasteiger partial charge in [-0.2, -0.15) is 0 Å². The first-order valence-electron chi connectivity index (χ1n) is 12.4. The van der Waals surface area contributed by atoms with Crippen molar-refractivity contribution in [2.75, 3.05) is 6.61 Å². The van der Waals surface area contributed by atoms with Crippen molar-refractivity contribution >= 4 is 5.97 Å². The molecule has 0 aliphatic rings. The first-order valence-corrected chi connectivity index (χ1v) is 12.4. The monoisotopic (exact) mass is 468 g/mol. The Morgan fingerprint density at radius 1 is 0.971 bits per heavy atom. The van der Waals surface area contributed by atoms with Gasteiger partial charge in [-0.25, -0.2) is 4.79 Å². The second-order valence-electron chi connectivity index (χ2n) is 9.41. The molecule has 0 amide bonds. The van der Waals surface area contributed by atoms with Gasteiger partial charge in [-0.05, 0) is 103 Å². The molecule has 188 valence electrons. The van der Waals surface area contributed by atoms with Crippen LogP contribution >= 0.6 is 0 Å². The van der Waals surface area contributed by atoms with E-state index >= 15 is 0 Å². The van der Waals surface area contributed by atoms with Crippen LogP contribution in [0.1, 0.15) is 84.6 Å². The quantitative estimate of drug-likeness (QED) is 0.180. The van der Waals surface area contributed by atoms with Gasteiger partial charge >= 0.3 is 5.97 Å². The number of hydrogen-bond acceptors (Lipinski definition) is 3. The van der Waals surface area contributed by atoms with Gasteiger partial charge in [0.25, 0.3) is 0 Å². The van der Waals surface area contributed by atoms with Crippen LogP contribution in [0, 0.1) is 5.92 Å². The van der Waals surface area contributed by atoms with Gasteiger partial charge in [0.1, 0.15) is 0 Å². The largest absolute Gasteiger partial charge is 0.478 e. The Hall–Kier alpha value is -2.59. The molecule has 0 fully saturated rings. The van der Waals surface area contributed by atoms with Gasteiger partial charge in [0.15, 0.2) is 0 Å². The Labute approximate surface area is 206 Å². The average Bonchev–Trinajstić information content (AvgIpc) is 3.30. The lowest BCUT2D eigenvalue weighted by Gasteiger charge is -2.16.